The number of amides is 1. The van der Waals surface area contributed by atoms with Gasteiger partial charge in [-0.25, -0.2) is 14.8 Å². The zero-order valence-corrected chi connectivity index (χ0v) is 15.2. The molecule has 0 radical (unpaired) electrons. The van der Waals surface area contributed by atoms with Crippen molar-refractivity contribution in [1.29, 1.82) is 0 Å². The third kappa shape index (κ3) is 4.62. The first-order valence-electron chi connectivity index (χ1n) is 8.74. The molecule has 1 unspecified atom stereocenters. The van der Waals surface area contributed by atoms with Gasteiger partial charge in [0.25, 0.3) is 5.88 Å². The zero-order chi connectivity index (χ0) is 18.4. The monoisotopic (exact) mass is 356 g/mol. The van der Waals surface area contributed by atoms with Crippen LogP contribution in [-0.4, -0.2) is 54.2 Å². The first-order valence-corrected chi connectivity index (χ1v) is 8.74. The molecule has 1 atom stereocenters. The van der Waals surface area contributed by atoms with Gasteiger partial charge in [0.1, 0.15) is 12.7 Å². The van der Waals surface area contributed by atoms with Crippen LogP contribution >= 0.6 is 0 Å². The fraction of sp³-hybridized carbons (Fsp3) is 0.421. The lowest BCUT2D eigenvalue weighted by molar-refractivity contribution is 0.0537. The van der Waals surface area contributed by atoms with E-state index in [1.807, 2.05) is 49.3 Å². The number of aromatic nitrogens is 2. The van der Waals surface area contributed by atoms with Gasteiger partial charge in [0.2, 0.25) is 0 Å². The smallest absolute Gasteiger partial charge is 0.410 e. The molecule has 1 saturated heterocycles. The number of piperidine rings is 1. The Morgan fingerprint density at radius 3 is 2.77 bits per heavy atom. The van der Waals surface area contributed by atoms with Gasteiger partial charge in [-0.2, -0.15) is 0 Å². The number of nitrogens with zero attached hydrogens (tertiary/aromatic N) is 4. The molecular formula is C19H24N4O3. The predicted octanol–water partition coefficient (Wildman–Crippen LogP) is 2.72. The molecule has 2 aromatic rings. The van der Waals surface area contributed by atoms with Crippen molar-refractivity contribution in [3.05, 3.63) is 48.3 Å². The fourth-order valence-electron chi connectivity index (χ4n) is 2.88. The van der Waals surface area contributed by atoms with E-state index < -0.39 is 0 Å². The van der Waals surface area contributed by atoms with Crippen LogP contribution in [0.3, 0.4) is 0 Å². The van der Waals surface area contributed by atoms with Crippen LogP contribution in [0, 0.1) is 0 Å². The van der Waals surface area contributed by atoms with E-state index in [0.717, 1.165) is 18.4 Å². The van der Waals surface area contributed by atoms with Crippen LogP contribution in [0.5, 0.6) is 5.88 Å². The molecule has 1 aliphatic heterocycles. The second-order valence-electron chi connectivity index (χ2n) is 6.45. The minimum Gasteiger partial charge on any atom is -0.470 e. The molecule has 0 bridgehead atoms. The molecule has 0 aliphatic carbocycles. The molecular weight excluding hydrogens is 332 g/mol. The molecule has 1 aromatic carbocycles. The summed E-state index contributed by atoms with van der Waals surface area (Å²) in [6, 6.07) is 9.67. The molecule has 1 aromatic heterocycles. The highest BCUT2D eigenvalue weighted by Gasteiger charge is 2.27. The van der Waals surface area contributed by atoms with Gasteiger partial charge >= 0.3 is 6.09 Å². The van der Waals surface area contributed by atoms with Gasteiger partial charge < -0.3 is 19.3 Å². The van der Waals surface area contributed by atoms with E-state index in [2.05, 4.69) is 9.97 Å². The summed E-state index contributed by atoms with van der Waals surface area (Å²) in [5.41, 5.74) is 0.973. The second kappa shape index (κ2) is 8.51. The molecule has 7 nitrogen and oxygen atoms in total. The summed E-state index contributed by atoms with van der Waals surface area (Å²) < 4.78 is 11.4. The van der Waals surface area contributed by atoms with Crippen molar-refractivity contribution in [3.8, 4) is 5.88 Å². The SMILES string of the molecule is CN(C)c1nccnc1OC1CCCN(C(=O)OCc2ccccc2)C1. The Morgan fingerprint density at radius 2 is 2.00 bits per heavy atom. The quantitative estimate of drug-likeness (QED) is 0.821. The van der Waals surface area contributed by atoms with E-state index in [-0.39, 0.29) is 18.8 Å². The maximum Gasteiger partial charge on any atom is 0.410 e. The number of carbonyl (C=O) groups excluding carboxylic acids is 1. The summed E-state index contributed by atoms with van der Waals surface area (Å²) in [6.45, 7) is 1.43. The number of hydrogen-bond donors (Lipinski definition) is 0. The fourth-order valence-corrected chi connectivity index (χ4v) is 2.88. The number of carbonyl (C=O) groups is 1. The van der Waals surface area contributed by atoms with Gasteiger partial charge in [0.15, 0.2) is 5.82 Å². The highest BCUT2D eigenvalue weighted by molar-refractivity contribution is 5.67. The van der Waals surface area contributed by atoms with E-state index in [9.17, 15) is 4.79 Å². The van der Waals surface area contributed by atoms with E-state index in [1.54, 1.807) is 17.3 Å². The highest BCUT2D eigenvalue weighted by Crippen LogP contribution is 2.24. The summed E-state index contributed by atoms with van der Waals surface area (Å²) in [6.07, 6.45) is 4.54. The highest BCUT2D eigenvalue weighted by atomic mass is 16.6. The van der Waals surface area contributed by atoms with Crippen LogP contribution in [0.25, 0.3) is 0 Å². The minimum absolute atomic E-state index is 0.122. The molecule has 1 amide bonds. The lowest BCUT2D eigenvalue weighted by Crippen LogP contribution is -2.44. The van der Waals surface area contributed by atoms with E-state index >= 15 is 0 Å². The summed E-state index contributed by atoms with van der Waals surface area (Å²) in [7, 11) is 3.79. The molecule has 0 spiro atoms. The summed E-state index contributed by atoms with van der Waals surface area (Å²) in [5.74, 6) is 1.17. The van der Waals surface area contributed by atoms with Crippen molar-refractivity contribution >= 4 is 11.9 Å². The van der Waals surface area contributed by atoms with Gasteiger partial charge in [-0.15, -0.1) is 0 Å². The lowest BCUT2D eigenvalue weighted by Gasteiger charge is -2.32. The summed E-state index contributed by atoms with van der Waals surface area (Å²) in [5, 5.41) is 0. The Kier molecular flexibility index (Phi) is 5.88. The molecule has 138 valence electrons. The Hall–Kier alpha value is -2.83. The topological polar surface area (TPSA) is 67.8 Å². The summed E-state index contributed by atoms with van der Waals surface area (Å²) in [4.78, 5) is 24.5. The number of benzene rings is 1. The van der Waals surface area contributed by atoms with Crippen LogP contribution in [0.1, 0.15) is 18.4 Å². The van der Waals surface area contributed by atoms with Gasteiger partial charge in [-0.05, 0) is 18.4 Å². The molecule has 0 saturated carbocycles. The normalized spacial score (nSPS) is 16.8. The van der Waals surface area contributed by atoms with Gasteiger partial charge in [-0.1, -0.05) is 30.3 Å². The third-order valence-corrected chi connectivity index (χ3v) is 4.19. The molecule has 2 heterocycles. The van der Waals surface area contributed by atoms with Crippen molar-refractivity contribution in [2.45, 2.75) is 25.6 Å². The average Bonchev–Trinajstić information content (AvgIpc) is 2.67. The largest absolute Gasteiger partial charge is 0.470 e. The molecule has 7 heteroatoms. The van der Waals surface area contributed by atoms with E-state index in [4.69, 9.17) is 9.47 Å². The first kappa shape index (κ1) is 18.0. The van der Waals surface area contributed by atoms with Crippen molar-refractivity contribution in [1.82, 2.24) is 14.9 Å². The Balaban J connectivity index is 1.56. The maximum absolute atomic E-state index is 12.4. The Labute approximate surface area is 153 Å². The zero-order valence-electron chi connectivity index (χ0n) is 15.2. The van der Waals surface area contributed by atoms with Crippen LogP contribution in [0.2, 0.25) is 0 Å². The minimum atomic E-state index is -0.311. The molecule has 26 heavy (non-hydrogen) atoms. The third-order valence-electron chi connectivity index (χ3n) is 4.19. The number of ether oxygens (including phenoxy) is 2. The van der Waals surface area contributed by atoms with E-state index in [1.165, 1.54) is 0 Å². The standard InChI is InChI=1S/C19H24N4O3/c1-22(2)17-18(21-11-10-20-17)26-16-9-6-12-23(13-16)19(24)25-14-15-7-4-3-5-8-15/h3-5,7-8,10-11,16H,6,9,12-14H2,1-2H3. The molecule has 0 N–H and O–H groups in total. The van der Waals surface area contributed by atoms with Crippen molar-refractivity contribution in [2.24, 2.45) is 0 Å². The van der Waals surface area contributed by atoms with Gasteiger partial charge in [0.05, 0.1) is 6.54 Å². The number of likely N-dealkylation sites (tertiary alicyclic amines) is 1. The van der Waals surface area contributed by atoms with Crippen LogP contribution in [-0.2, 0) is 11.3 Å². The number of anilines is 1. The van der Waals surface area contributed by atoms with Crippen LogP contribution in [0.4, 0.5) is 10.6 Å². The van der Waals surface area contributed by atoms with Crippen molar-refractivity contribution in [2.75, 3.05) is 32.1 Å². The predicted molar refractivity (Wildman–Crippen MR) is 98.2 cm³/mol. The maximum atomic E-state index is 12.4. The molecule has 3 rings (SSSR count). The first-order chi connectivity index (χ1) is 12.6. The van der Waals surface area contributed by atoms with E-state index in [0.29, 0.717) is 24.8 Å². The molecule has 1 fully saturated rings. The van der Waals surface area contributed by atoms with Gasteiger partial charge in [-0.3, -0.25) is 0 Å². The summed E-state index contributed by atoms with van der Waals surface area (Å²) >= 11 is 0. The number of hydrogen-bond acceptors (Lipinski definition) is 6. The lowest BCUT2D eigenvalue weighted by atomic mass is 10.1. The number of rotatable bonds is 5. The Morgan fingerprint density at radius 1 is 1.23 bits per heavy atom. The second-order valence-corrected chi connectivity index (χ2v) is 6.45. The molecule has 1 aliphatic rings. The average molecular weight is 356 g/mol. The van der Waals surface area contributed by atoms with Crippen LogP contribution < -0.4 is 9.64 Å². The van der Waals surface area contributed by atoms with Gasteiger partial charge in [0, 0.05) is 33.0 Å². The Bertz CT molecular complexity index is 724. The van der Waals surface area contributed by atoms with Crippen molar-refractivity contribution < 1.29 is 14.3 Å². The van der Waals surface area contributed by atoms with Crippen LogP contribution in [0.15, 0.2) is 42.7 Å². The van der Waals surface area contributed by atoms with Crippen molar-refractivity contribution in [3.63, 3.8) is 0 Å².